The highest BCUT2D eigenvalue weighted by Gasteiger charge is 2.16. The maximum absolute atomic E-state index is 12.0. The van der Waals surface area contributed by atoms with Crippen molar-refractivity contribution in [2.24, 2.45) is 5.73 Å². The van der Waals surface area contributed by atoms with Gasteiger partial charge in [-0.2, -0.15) is 0 Å². The van der Waals surface area contributed by atoms with Crippen molar-refractivity contribution in [3.63, 3.8) is 0 Å². The minimum atomic E-state index is -3.45. The van der Waals surface area contributed by atoms with Crippen molar-refractivity contribution >= 4 is 27.2 Å². The van der Waals surface area contributed by atoms with Gasteiger partial charge in [0.25, 0.3) is 0 Å². The predicted molar refractivity (Wildman–Crippen MR) is 84.0 cm³/mol. The smallest absolute Gasteiger partial charge is 0.215 e. The molecule has 5 nitrogen and oxygen atoms in total. The van der Waals surface area contributed by atoms with Gasteiger partial charge in [0.2, 0.25) is 10.0 Å². The van der Waals surface area contributed by atoms with Crippen LogP contribution in [0.1, 0.15) is 25.0 Å². The fourth-order valence-electron chi connectivity index (χ4n) is 1.73. The van der Waals surface area contributed by atoms with E-state index in [4.69, 9.17) is 22.7 Å². The Balaban J connectivity index is 2.74. The Labute approximate surface area is 125 Å². The Morgan fingerprint density at radius 1 is 1.45 bits per heavy atom. The van der Waals surface area contributed by atoms with Crippen molar-refractivity contribution < 1.29 is 13.2 Å². The minimum Gasteiger partial charge on any atom is -0.389 e. The highest BCUT2D eigenvalue weighted by Crippen LogP contribution is 2.12. The van der Waals surface area contributed by atoms with E-state index in [2.05, 4.69) is 4.72 Å². The number of rotatable bonds is 8. The molecule has 1 aromatic rings. The van der Waals surface area contributed by atoms with Gasteiger partial charge in [0, 0.05) is 18.7 Å². The molecule has 20 heavy (non-hydrogen) atoms. The Kier molecular flexibility index (Phi) is 6.54. The zero-order valence-corrected chi connectivity index (χ0v) is 13.3. The number of nitrogens with two attached hydrogens (primary N) is 1. The third-order valence-corrected chi connectivity index (χ3v) is 4.19. The van der Waals surface area contributed by atoms with Crippen LogP contribution >= 0.6 is 12.2 Å². The molecular formula is C13H20N2O3S2. The van der Waals surface area contributed by atoms with Crippen molar-refractivity contribution in [1.82, 2.24) is 4.72 Å². The average Bonchev–Trinajstić information content (AvgIpc) is 2.37. The van der Waals surface area contributed by atoms with Crippen molar-refractivity contribution in [2.45, 2.75) is 25.7 Å². The lowest BCUT2D eigenvalue weighted by molar-refractivity contribution is 0.0799. The van der Waals surface area contributed by atoms with E-state index >= 15 is 0 Å². The molecule has 0 aliphatic heterocycles. The third-order valence-electron chi connectivity index (χ3n) is 2.67. The summed E-state index contributed by atoms with van der Waals surface area (Å²) >= 11 is 4.92. The summed E-state index contributed by atoms with van der Waals surface area (Å²) in [6.07, 6.45) is -0.166. The SMILES string of the molecule is CCOC(C)CNS(=O)(=O)Cc1ccccc1C(N)=S. The highest BCUT2D eigenvalue weighted by atomic mass is 32.2. The van der Waals surface area contributed by atoms with Crippen LogP contribution in [0.4, 0.5) is 0 Å². The van der Waals surface area contributed by atoms with Gasteiger partial charge in [-0.05, 0) is 19.4 Å². The lowest BCUT2D eigenvalue weighted by atomic mass is 10.1. The molecule has 112 valence electrons. The van der Waals surface area contributed by atoms with Crippen LogP contribution < -0.4 is 10.5 Å². The molecular weight excluding hydrogens is 296 g/mol. The minimum absolute atomic E-state index is 0.153. The van der Waals surface area contributed by atoms with Crippen LogP contribution in [0, 0.1) is 0 Å². The fourth-order valence-corrected chi connectivity index (χ4v) is 3.18. The van der Waals surface area contributed by atoms with Crippen molar-refractivity contribution in [3.05, 3.63) is 35.4 Å². The molecule has 1 atom stereocenters. The van der Waals surface area contributed by atoms with E-state index in [0.717, 1.165) is 0 Å². The van der Waals surface area contributed by atoms with E-state index in [1.54, 1.807) is 24.3 Å². The fraction of sp³-hybridized carbons (Fsp3) is 0.462. The van der Waals surface area contributed by atoms with E-state index in [1.165, 1.54) is 0 Å². The summed E-state index contributed by atoms with van der Waals surface area (Å²) < 4.78 is 31.9. The quantitative estimate of drug-likeness (QED) is 0.704. The number of benzene rings is 1. The molecule has 3 N–H and O–H groups in total. The Bertz CT molecular complexity index is 558. The molecule has 0 spiro atoms. The van der Waals surface area contributed by atoms with Gasteiger partial charge in [-0.15, -0.1) is 0 Å². The zero-order valence-electron chi connectivity index (χ0n) is 11.6. The Hall–Kier alpha value is -1.02. The van der Waals surface area contributed by atoms with E-state index < -0.39 is 10.0 Å². The van der Waals surface area contributed by atoms with Crippen LogP contribution in [0.5, 0.6) is 0 Å². The lowest BCUT2D eigenvalue weighted by Crippen LogP contribution is -2.33. The van der Waals surface area contributed by atoms with Crippen LogP contribution in [-0.4, -0.2) is 32.7 Å². The molecule has 0 saturated carbocycles. The van der Waals surface area contributed by atoms with E-state index in [1.807, 2.05) is 13.8 Å². The zero-order chi connectivity index (χ0) is 15.2. The van der Waals surface area contributed by atoms with Gasteiger partial charge >= 0.3 is 0 Å². The highest BCUT2D eigenvalue weighted by molar-refractivity contribution is 7.88. The van der Waals surface area contributed by atoms with Crippen LogP contribution in [0.15, 0.2) is 24.3 Å². The Morgan fingerprint density at radius 2 is 2.10 bits per heavy atom. The number of nitrogens with one attached hydrogen (secondary N) is 1. The molecule has 0 bridgehead atoms. The first-order chi connectivity index (χ1) is 9.35. The van der Waals surface area contributed by atoms with Gasteiger partial charge in [0.1, 0.15) is 4.99 Å². The Morgan fingerprint density at radius 3 is 2.70 bits per heavy atom. The summed E-state index contributed by atoms with van der Waals surface area (Å²) in [6.45, 7) is 4.47. The number of ether oxygens (including phenoxy) is 1. The van der Waals surface area contributed by atoms with Crippen LogP contribution in [0.3, 0.4) is 0 Å². The van der Waals surface area contributed by atoms with Gasteiger partial charge in [-0.1, -0.05) is 36.5 Å². The largest absolute Gasteiger partial charge is 0.389 e. The van der Waals surface area contributed by atoms with Crippen LogP contribution in [-0.2, 0) is 20.5 Å². The summed E-state index contributed by atoms with van der Waals surface area (Å²) in [6, 6.07) is 6.96. The van der Waals surface area contributed by atoms with Gasteiger partial charge in [-0.25, -0.2) is 13.1 Å². The molecule has 0 saturated heterocycles. The molecule has 0 heterocycles. The average molecular weight is 316 g/mol. The van der Waals surface area contributed by atoms with Crippen molar-refractivity contribution in [2.75, 3.05) is 13.2 Å². The second-order valence-electron chi connectivity index (χ2n) is 4.39. The molecule has 0 aliphatic carbocycles. The third kappa shape index (κ3) is 5.54. The summed E-state index contributed by atoms with van der Waals surface area (Å²) in [7, 11) is -3.45. The predicted octanol–water partition coefficient (Wildman–Crippen LogP) is 1.17. The summed E-state index contributed by atoms with van der Waals surface area (Å²) in [5.41, 5.74) is 6.77. The maximum atomic E-state index is 12.0. The molecule has 0 amide bonds. The van der Waals surface area contributed by atoms with Gasteiger partial charge in [-0.3, -0.25) is 0 Å². The second-order valence-corrected chi connectivity index (χ2v) is 6.64. The summed E-state index contributed by atoms with van der Waals surface area (Å²) in [5.74, 6) is -0.153. The van der Waals surface area contributed by atoms with Crippen LogP contribution in [0.25, 0.3) is 0 Å². The first-order valence-electron chi connectivity index (χ1n) is 6.32. The molecule has 1 unspecified atom stereocenters. The van der Waals surface area contributed by atoms with Crippen LogP contribution in [0.2, 0.25) is 0 Å². The molecule has 0 fully saturated rings. The second kappa shape index (κ2) is 7.68. The number of thiocarbonyl (C=S) groups is 1. The van der Waals surface area contributed by atoms with E-state index in [9.17, 15) is 8.42 Å². The summed E-state index contributed by atoms with van der Waals surface area (Å²) in [5, 5.41) is 0. The monoisotopic (exact) mass is 316 g/mol. The molecule has 7 heteroatoms. The molecule has 0 aliphatic rings. The van der Waals surface area contributed by atoms with Crippen molar-refractivity contribution in [3.8, 4) is 0 Å². The van der Waals surface area contributed by atoms with Gasteiger partial charge in [0.05, 0.1) is 11.9 Å². The number of sulfonamides is 1. The normalized spacial score (nSPS) is 13.1. The molecule has 1 aromatic carbocycles. The topological polar surface area (TPSA) is 81.4 Å². The van der Waals surface area contributed by atoms with E-state index in [0.29, 0.717) is 17.7 Å². The first-order valence-corrected chi connectivity index (χ1v) is 8.38. The van der Waals surface area contributed by atoms with Gasteiger partial charge in [0.15, 0.2) is 0 Å². The number of hydrogen-bond donors (Lipinski definition) is 2. The standard InChI is InChI=1S/C13H20N2O3S2/c1-3-18-10(2)8-15-20(16,17)9-11-6-4-5-7-12(11)13(14)19/h4-7,10,15H,3,8-9H2,1-2H3,(H2,14,19). The molecule has 1 rings (SSSR count). The van der Waals surface area contributed by atoms with Crippen molar-refractivity contribution in [1.29, 1.82) is 0 Å². The maximum Gasteiger partial charge on any atom is 0.215 e. The van der Waals surface area contributed by atoms with Gasteiger partial charge < -0.3 is 10.5 Å². The number of hydrogen-bond acceptors (Lipinski definition) is 4. The summed E-state index contributed by atoms with van der Waals surface area (Å²) in [4.78, 5) is 0.193. The molecule has 0 radical (unpaired) electrons. The lowest BCUT2D eigenvalue weighted by Gasteiger charge is -2.14. The first kappa shape index (κ1) is 17.0. The molecule has 0 aromatic heterocycles. The van der Waals surface area contributed by atoms with E-state index in [-0.39, 0.29) is 23.4 Å².